The molecular weight excluding hydrogens is 279 g/mol. The number of halogens is 3. The van der Waals surface area contributed by atoms with Crippen molar-refractivity contribution >= 4 is 0 Å². The molecule has 5 heteroatoms. The first-order valence-corrected chi connectivity index (χ1v) is 7.48. The van der Waals surface area contributed by atoms with Gasteiger partial charge in [0.2, 0.25) is 0 Å². The van der Waals surface area contributed by atoms with E-state index < -0.39 is 11.7 Å². The Morgan fingerprint density at radius 1 is 1.19 bits per heavy atom. The van der Waals surface area contributed by atoms with Crippen molar-refractivity contribution < 1.29 is 17.9 Å². The van der Waals surface area contributed by atoms with Crippen LogP contribution in [-0.2, 0) is 6.18 Å². The highest BCUT2D eigenvalue weighted by atomic mass is 19.4. The van der Waals surface area contributed by atoms with E-state index >= 15 is 0 Å². The van der Waals surface area contributed by atoms with Gasteiger partial charge in [0.15, 0.2) is 0 Å². The summed E-state index contributed by atoms with van der Waals surface area (Å²) in [5.41, 5.74) is 5.57. The molecule has 0 saturated carbocycles. The SMILES string of the molecule is CCCC(CCCN)c1cc(C(F)(F)F)ccc1OCC. The zero-order chi connectivity index (χ0) is 15.9. The Balaban J connectivity index is 3.17. The molecule has 0 heterocycles. The maximum absolute atomic E-state index is 12.9. The molecule has 0 aliphatic rings. The summed E-state index contributed by atoms with van der Waals surface area (Å²) < 4.78 is 44.3. The minimum absolute atomic E-state index is 0.0578. The van der Waals surface area contributed by atoms with Gasteiger partial charge in [-0.15, -0.1) is 0 Å². The summed E-state index contributed by atoms with van der Waals surface area (Å²) in [6.45, 7) is 4.84. The highest BCUT2D eigenvalue weighted by Gasteiger charge is 2.32. The van der Waals surface area contributed by atoms with Gasteiger partial charge in [0.1, 0.15) is 5.75 Å². The van der Waals surface area contributed by atoms with Crippen LogP contribution >= 0.6 is 0 Å². The van der Waals surface area contributed by atoms with E-state index in [1.807, 2.05) is 13.8 Å². The lowest BCUT2D eigenvalue weighted by Crippen LogP contribution is -2.10. The smallest absolute Gasteiger partial charge is 0.416 e. The molecule has 0 saturated heterocycles. The van der Waals surface area contributed by atoms with Crippen molar-refractivity contribution in [2.45, 2.75) is 51.6 Å². The van der Waals surface area contributed by atoms with Crippen LogP contribution < -0.4 is 10.5 Å². The molecule has 1 aromatic carbocycles. The van der Waals surface area contributed by atoms with Gasteiger partial charge in [-0.05, 0) is 62.4 Å². The van der Waals surface area contributed by atoms with Crippen molar-refractivity contribution in [2.24, 2.45) is 5.73 Å². The molecule has 1 aromatic rings. The fourth-order valence-corrected chi connectivity index (χ4v) is 2.50. The van der Waals surface area contributed by atoms with Crippen LogP contribution in [0.5, 0.6) is 5.75 Å². The molecule has 0 bridgehead atoms. The average molecular weight is 303 g/mol. The van der Waals surface area contributed by atoms with Crippen LogP contribution in [0.3, 0.4) is 0 Å². The van der Waals surface area contributed by atoms with E-state index in [0.29, 0.717) is 24.5 Å². The van der Waals surface area contributed by atoms with Gasteiger partial charge >= 0.3 is 6.18 Å². The summed E-state index contributed by atoms with van der Waals surface area (Å²) >= 11 is 0. The van der Waals surface area contributed by atoms with E-state index in [4.69, 9.17) is 10.5 Å². The van der Waals surface area contributed by atoms with Gasteiger partial charge < -0.3 is 10.5 Å². The molecule has 120 valence electrons. The Morgan fingerprint density at radius 2 is 1.90 bits per heavy atom. The molecule has 0 fully saturated rings. The van der Waals surface area contributed by atoms with E-state index in [1.165, 1.54) is 12.1 Å². The van der Waals surface area contributed by atoms with Gasteiger partial charge in [0, 0.05) is 0 Å². The molecule has 0 radical (unpaired) electrons. The van der Waals surface area contributed by atoms with Crippen molar-refractivity contribution in [1.29, 1.82) is 0 Å². The predicted octanol–water partition coefficient (Wildman–Crippen LogP) is 4.73. The van der Waals surface area contributed by atoms with Gasteiger partial charge in [-0.2, -0.15) is 13.2 Å². The van der Waals surface area contributed by atoms with Crippen molar-refractivity contribution in [1.82, 2.24) is 0 Å². The number of benzene rings is 1. The number of alkyl halides is 3. The van der Waals surface area contributed by atoms with E-state index in [-0.39, 0.29) is 5.92 Å². The highest BCUT2D eigenvalue weighted by Crippen LogP contribution is 2.38. The van der Waals surface area contributed by atoms with Crippen molar-refractivity contribution in [3.8, 4) is 5.75 Å². The quantitative estimate of drug-likeness (QED) is 0.753. The first kappa shape index (κ1) is 17.8. The minimum Gasteiger partial charge on any atom is -0.494 e. The first-order valence-electron chi connectivity index (χ1n) is 7.48. The molecule has 1 atom stereocenters. The van der Waals surface area contributed by atoms with E-state index in [9.17, 15) is 13.2 Å². The average Bonchev–Trinajstić information content (AvgIpc) is 2.43. The van der Waals surface area contributed by atoms with E-state index in [0.717, 1.165) is 31.7 Å². The fraction of sp³-hybridized carbons (Fsp3) is 0.625. The Labute approximate surface area is 124 Å². The monoisotopic (exact) mass is 303 g/mol. The lowest BCUT2D eigenvalue weighted by molar-refractivity contribution is -0.137. The standard InChI is InChI=1S/C16H24F3NO/c1-3-6-12(7-5-10-20)14-11-13(16(17,18)19)8-9-15(14)21-4-2/h8-9,11-12H,3-7,10,20H2,1-2H3. The lowest BCUT2D eigenvalue weighted by Gasteiger charge is -2.21. The van der Waals surface area contributed by atoms with Crippen LogP contribution in [0, 0.1) is 0 Å². The van der Waals surface area contributed by atoms with Crippen LogP contribution in [0.15, 0.2) is 18.2 Å². The van der Waals surface area contributed by atoms with Gasteiger partial charge in [0.05, 0.1) is 12.2 Å². The molecule has 1 unspecified atom stereocenters. The van der Waals surface area contributed by atoms with Crippen LogP contribution in [0.25, 0.3) is 0 Å². The molecule has 0 amide bonds. The van der Waals surface area contributed by atoms with Crippen LogP contribution in [0.4, 0.5) is 13.2 Å². The zero-order valence-corrected chi connectivity index (χ0v) is 12.7. The normalized spacial score (nSPS) is 13.2. The Bertz CT molecular complexity index is 432. The first-order chi connectivity index (χ1) is 9.93. The minimum atomic E-state index is -4.33. The summed E-state index contributed by atoms with van der Waals surface area (Å²) in [5, 5.41) is 0. The number of ether oxygens (including phenoxy) is 1. The maximum Gasteiger partial charge on any atom is 0.416 e. The van der Waals surface area contributed by atoms with E-state index in [1.54, 1.807) is 0 Å². The van der Waals surface area contributed by atoms with Gasteiger partial charge in [-0.3, -0.25) is 0 Å². The Kier molecular flexibility index (Phi) is 7.02. The molecule has 21 heavy (non-hydrogen) atoms. The van der Waals surface area contributed by atoms with Crippen LogP contribution in [-0.4, -0.2) is 13.2 Å². The summed E-state index contributed by atoms with van der Waals surface area (Å²) in [7, 11) is 0. The van der Waals surface area contributed by atoms with Gasteiger partial charge in [-0.1, -0.05) is 13.3 Å². The lowest BCUT2D eigenvalue weighted by atomic mass is 9.88. The Morgan fingerprint density at radius 3 is 2.43 bits per heavy atom. The molecule has 2 N–H and O–H groups in total. The number of rotatable bonds is 8. The third-order valence-corrected chi connectivity index (χ3v) is 3.47. The molecule has 0 aromatic heterocycles. The summed E-state index contributed by atoms with van der Waals surface area (Å²) in [4.78, 5) is 0. The molecular formula is C16H24F3NO. The number of hydrogen-bond acceptors (Lipinski definition) is 2. The third kappa shape index (κ3) is 5.23. The van der Waals surface area contributed by atoms with Gasteiger partial charge in [-0.25, -0.2) is 0 Å². The fourth-order valence-electron chi connectivity index (χ4n) is 2.50. The summed E-state index contributed by atoms with van der Waals surface area (Å²) in [6.07, 6.45) is -0.999. The third-order valence-electron chi connectivity index (χ3n) is 3.47. The molecule has 0 aliphatic heterocycles. The second-order valence-corrected chi connectivity index (χ2v) is 5.10. The molecule has 2 nitrogen and oxygen atoms in total. The number of hydrogen-bond donors (Lipinski definition) is 1. The molecule has 1 rings (SSSR count). The van der Waals surface area contributed by atoms with Crippen molar-refractivity contribution in [2.75, 3.05) is 13.2 Å². The Hall–Kier alpha value is -1.23. The topological polar surface area (TPSA) is 35.2 Å². The van der Waals surface area contributed by atoms with Crippen LogP contribution in [0.2, 0.25) is 0 Å². The van der Waals surface area contributed by atoms with Crippen molar-refractivity contribution in [3.63, 3.8) is 0 Å². The second-order valence-electron chi connectivity index (χ2n) is 5.10. The summed E-state index contributed by atoms with van der Waals surface area (Å²) in [5.74, 6) is 0.614. The van der Waals surface area contributed by atoms with Crippen LogP contribution in [0.1, 0.15) is 56.6 Å². The largest absolute Gasteiger partial charge is 0.494 e. The number of nitrogens with two attached hydrogens (primary N) is 1. The summed E-state index contributed by atoms with van der Waals surface area (Å²) in [6, 6.07) is 3.76. The highest BCUT2D eigenvalue weighted by molar-refractivity contribution is 5.41. The maximum atomic E-state index is 12.9. The zero-order valence-electron chi connectivity index (χ0n) is 12.7. The predicted molar refractivity (Wildman–Crippen MR) is 78.6 cm³/mol. The molecule has 0 aliphatic carbocycles. The van der Waals surface area contributed by atoms with Crippen molar-refractivity contribution in [3.05, 3.63) is 29.3 Å². The van der Waals surface area contributed by atoms with E-state index in [2.05, 4.69) is 0 Å². The molecule has 0 spiro atoms. The van der Waals surface area contributed by atoms with Gasteiger partial charge in [0.25, 0.3) is 0 Å². The second kappa shape index (κ2) is 8.27.